The lowest BCUT2D eigenvalue weighted by atomic mass is 10.1. The maximum absolute atomic E-state index is 8.96. The predicted octanol–water partition coefficient (Wildman–Crippen LogP) is 0.323. The molecule has 0 aromatic carbocycles. The van der Waals surface area contributed by atoms with Crippen LogP contribution in [0.5, 0.6) is 0 Å². The number of aliphatic hydroxyl groups excluding tert-OH is 1. The molecule has 1 saturated heterocycles. The zero-order chi connectivity index (χ0) is 6.15. The molecule has 0 spiro atoms. The zero-order valence-electron chi connectivity index (χ0n) is 5.39. The van der Waals surface area contributed by atoms with Crippen LogP contribution >= 0.6 is 0 Å². The van der Waals surface area contributed by atoms with E-state index in [1.165, 1.54) is 0 Å². The molecule has 0 radical (unpaired) electrons. The second kappa shape index (κ2) is 2.03. The minimum Gasteiger partial charge on any atom is -0.379 e. The summed E-state index contributed by atoms with van der Waals surface area (Å²) in [5.74, 6) is 0.630. The van der Waals surface area contributed by atoms with Crippen LogP contribution in [-0.4, -0.2) is 17.4 Å². The zero-order valence-corrected chi connectivity index (χ0v) is 5.39. The fourth-order valence-corrected chi connectivity index (χ4v) is 1.09. The predicted molar refractivity (Wildman–Crippen MR) is 32.4 cm³/mol. The number of hydrogen-bond donors (Lipinski definition) is 2. The van der Waals surface area contributed by atoms with E-state index >= 15 is 0 Å². The molecule has 48 valence electrons. The van der Waals surface area contributed by atoms with E-state index in [4.69, 9.17) is 5.11 Å². The molecule has 0 saturated carbocycles. The Morgan fingerprint density at radius 3 is 2.25 bits per heavy atom. The highest BCUT2D eigenvalue weighted by Gasteiger charge is 2.24. The van der Waals surface area contributed by atoms with Gasteiger partial charge < -0.3 is 5.11 Å². The van der Waals surface area contributed by atoms with Gasteiger partial charge in [0.05, 0.1) is 0 Å². The molecule has 1 heterocycles. The van der Waals surface area contributed by atoms with Crippen LogP contribution in [0, 0.1) is 5.92 Å². The summed E-state index contributed by atoms with van der Waals surface area (Å²) in [4.78, 5) is 0. The normalized spacial score (nSPS) is 47.6. The average Bonchev–Trinajstić information content (AvgIpc) is 1.85. The van der Waals surface area contributed by atoms with E-state index < -0.39 is 0 Å². The fourth-order valence-electron chi connectivity index (χ4n) is 1.09. The van der Waals surface area contributed by atoms with Crippen LogP contribution in [0.2, 0.25) is 0 Å². The summed E-state index contributed by atoms with van der Waals surface area (Å²) in [6.45, 7) is 4.24. The van der Waals surface area contributed by atoms with E-state index in [1.54, 1.807) is 0 Å². The van der Waals surface area contributed by atoms with Crippen molar-refractivity contribution in [2.24, 2.45) is 5.92 Å². The first-order valence-corrected chi connectivity index (χ1v) is 3.14. The van der Waals surface area contributed by atoms with Gasteiger partial charge in [-0.25, -0.2) is 0 Å². The second-order valence-corrected chi connectivity index (χ2v) is 2.68. The fraction of sp³-hybridized carbons (Fsp3) is 1.00. The van der Waals surface area contributed by atoms with Crippen molar-refractivity contribution < 1.29 is 5.11 Å². The summed E-state index contributed by atoms with van der Waals surface area (Å²) >= 11 is 0. The molecule has 3 unspecified atom stereocenters. The molecule has 1 aliphatic heterocycles. The van der Waals surface area contributed by atoms with Crippen LogP contribution in [0.4, 0.5) is 0 Å². The van der Waals surface area contributed by atoms with E-state index in [2.05, 4.69) is 19.2 Å². The van der Waals surface area contributed by atoms with Crippen LogP contribution in [0.15, 0.2) is 0 Å². The lowest BCUT2D eigenvalue weighted by molar-refractivity contribution is 0.154. The maximum Gasteiger partial charge on any atom is 0.105 e. The summed E-state index contributed by atoms with van der Waals surface area (Å²) in [7, 11) is 0. The third-order valence-corrected chi connectivity index (χ3v) is 1.90. The van der Waals surface area contributed by atoms with Crippen molar-refractivity contribution in [2.45, 2.75) is 32.5 Å². The van der Waals surface area contributed by atoms with Gasteiger partial charge >= 0.3 is 0 Å². The van der Waals surface area contributed by atoms with Gasteiger partial charge in [-0.3, -0.25) is 5.32 Å². The summed E-state index contributed by atoms with van der Waals surface area (Å²) < 4.78 is 0. The summed E-state index contributed by atoms with van der Waals surface area (Å²) in [5, 5.41) is 12.0. The highest BCUT2D eigenvalue weighted by Crippen LogP contribution is 2.16. The Balaban J connectivity index is 2.39. The Hall–Kier alpha value is -0.0800. The molecule has 8 heavy (non-hydrogen) atoms. The molecule has 0 aliphatic carbocycles. The van der Waals surface area contributed by atoms with Crippen molar-refractivity contribution in [3.05, 3.63) is 0 Å². The first kappa shape index (κ1) is 6.05. The monoisotopic (exact) mass is 115 g/mol. The minimum absolute atomic E-state index is 0.250. The standard InChI is InChI=1S/C6H13NO/c1-4-3-6(8)7-5(4)2/h4-8H,3H2,1-2H3. The number of rotatable bonds is 0. The van der Waals surface area contributed by atoms with Gasteiger partial charge in [0.1, 0.15) is 6.23 Å². The topological polar surface area (TPSA) is 32.3 Å². The Bertz CT molecular complexity index is 74.6. The Kier molecular flexibility index (Phi) is 1.54. The number of aliphatic hydroxyl groups is 1. The first-order chi connectivity index (χ1) is 3.70. The number of hydrogen-bond acceptors (Lipinski definition) is 2. The van der Waals surface area contributed by atoms with Gasteiger partial charge in [-0.05, 0) is 19.3 Å². The Morgan fingerprint density at radius 1 is 1.50 bits per heavy atom. The molecular formula is C6H13NO. The van der Waals surface area contributed by atoms with Crippen LogP contribution in [0.25, 0.3) is 0 Å². The number of nitrogens with one attached hydrogen (secondary N) is 1. The van der Waals surface area contributed by atoms with E-state index in [1.807, 2.05) is 0 Å². The summed E-state index contributed by atoms with van der Waals surface area (Å²) in [6.07, 6.45) is 0.654. The molecule has 1 rings (SSSR count). The third kappa shape index (κ3) is 1.01. The second-order valence-electron chi connectivity index (χ2n) is 2.68. The molecule has 2 nitrogen and oxygen atoms in total. The van der Waals surface area contributed by atoms with E-state index in [9.17, 15) is 0 Å². The molecule has 0 aromatic heterocycles. The lowest BCUT2D eigenvalue weighted by Gasteiger charge is -2.05. The van der Waals surface area contributed by atoms with Crippen molar-refractivity contribution in [3.63, 3.8) is 0 Å². The molecule has 2 N–H and O–H groups in total. The highest BCUT2D eigenvalue weighted by atomic mass is 16.3. The summed E-state index contributed by atoms with van der Waals surface area (Å²) in [6, 6.07) is 0.491. The van der Waals surface area contributed by atoms with Crippen molar-refractivity contribution >= 4 is 0 Å². The van der Waals surface area contributed by atoms with Crippen LogP contribution in [0.3, 0.4) is 0 Å². The van der Waals surface area contributed by atoms with Gasteiger partial charge in [-0.15, -0.1) is 0 Å². The Morgan fingerprint density at radius 2 is 2.12 bits per heavy atom. The van der Waals surface area contributed by atoms with E-state index in [0.29, 0.717) is 12.0 Å². The maximum atomic E-state index is 8.96. The molecular weight excluding hydrogens is 102 g/mol. The lowest BCUT2D eigenvalue weighted by Crippen LogP contribution is -2.27. The molecule has 0 amide bonds. The van der Waals surface area contributed by atoms with Gasteiger partial charge in [0, 0.05) is 6.04 Å². The van der Waals surface area contributed by atoms with Crippen molar-refractivity contribution in [2.75, 3.05) is 0 Å². The van der Waals surface area contributed by atoms with Crippen molar-refractivity contribution in [1.82, 2.24) is 5.32 Å². The molecule has 1 aliphatic rings. The van der Waals surface area contributed by atoms with Crippen molar-refractivity contribution in [1.29, 1.82) is 0 Å². The van der Waals surface area contributed by atoms with Gasteiger partial charge in [0.25, 0.3) is 0 Å². The highest BCUT2D eigenvalue weighted by molar-refractivity contribution is 4.79. The smallest absolute Gasteiger partial charge is 0.105 e. The largest absolute Gasteiger partial charge is 0.379 e. The molecule has 1 fully saturated rings. The van der Waals surface area contributed by atoms with E-state index in [0.717, 1.165) is 6.42 Å². The quantitative estimate of drug-likeness (QED) is 0.476. The van der Waals surface area contributed by atoms with Gasteiger partial charge in [0.2, 0.25) is 0 Å². The Labute approximate surface area is 49.9 Å². The van der Waals surface area contributed by atoms with Crippen LogP contribution < -0.4 is 5.32 Å². The van der Waals surface area contributed by atoms with Crippen molar-refractivity contribution in [3.8, 4) is 0 Å². The molecule has 2 heteroatoms. The average molecular weight is 115 g/mol. The van der Waals surface area contributed by atoms with Crippen LogP contribution in [-0.2, 0) is 0 Å². The SMILES string of the molecule is CC1CC(O)NC1C. The van der Waals surface area contributed by atoms with Crippen LogP contribution in [0.1, 0.15) is 20.3 Å². The molecule has 0 bridgehead atoms. The molecule has 0 aromatic rings. The summed E-state index contributed by atoms with van der Waals surface area (Å²) in [5.41, 5.74) is 0. The van der Waals surface area contributed by atoms with Gasteiger partial charge in [-0.1, -0.05) is 6.92 Å². The molecule has 3 atom stereocenters. The van der Waals surface area contributed by atoms with E-state index in [-0.39, 0.29) is 6.23 Å². The first-order valence-electron chi connectivity index (χ1n) is 3.14. The third-order valence-electron chi connectivity index (χ3n) is 1.90. The minimum atomic E-state index is -0.250. The van der Waals surface area contributed by atoms with Gasteiger partial charge in [-0.2, -0.15) is 0 Å². The van der Waals surface area contributed by atoms with Gasteiger partial charge in [0.15, 0.2) is 0 Å².